The highest BCUT2D eigenvalue weighted by atomic mass is 15.2. The summed E-state index contributed by atoms with van der Waals surface area (Å²) in [5, 5.41) is 14.6. The van der Waals surface area contributed by atoms with E-state index in [1.165, 1.54) is 30.0 Å². The molecule has 3 nitrogen and oxygen atoms in total. The summed E-state index contributed by atoms with van der Waals surface area (Å²) in [4.78, 5) is 0. The van der Waals surface area contributed by atoms with Gasteiger partial charge in [-0.05, 0) is 25.7 Å². The largest absolute Gasteiger partial charge is 0.365 e. The molecule has 18 heavy (non-hydrogen) atoms. The van der Waals surface area contributed by atoms with Gasteiger partial charge in [-0.25, -0.2) is 0 Å². The molecule has 3 rings (SSSR count). The van der Waals surface area contributed by atoms with Gasteiger partial charge in [0.1, 0.15) is 0 Å². The number of fused-ring (bicyclic) bond motifs is 1. The van der Waals surface area contributed by atoms with Crippen LogP contribution in [0.3, 0.4) is 0 Å². The molecule has 1 aromatic carbocycles. The average molecular weight is 241 g/mol. The third-order valence-electron chi connectivity index (χ3n) is 4.06. The Morgan fingerprint density at radius 3 is 2.61 bits per heavy atom. The minimum absolute atomic E-state index is 0.547. The summed E-state index contributed by atoms with van der Waals surface area (Å²) in [7, 11) is 0. The van der Waals surface area contributed by atoms with Crippen molar-refractivity contribution in [3.05, 3.63) is 30.0 Å². The molecule has 2 unspecified atom stereocenters. The van der Waals surface area contributed by atoms with Gasteiger partial charge in [0, 0.05) is 16.8 Å². The van der Waals surface area contributed by atoms with Crippen LogP contribution in [0.15, 0.2) is 24.3 Å². The van der Waals surface area contributed by atoms with Crippen LogP contribution in [0.1, 0.15) is 31.9 Å². The minimum Gasteiger partial charge on any atom is -0.365 e. The van der Waals surface area contributed by atoms with Crippen molar-refractivity contribution >= 4 is 16.6 Å². The number of benzene rings is 1. The molecule has 3 heteroatoms. The van der Waals surface area contributed by atoms with Gasteiger partial charge in [-0.3, -0.25) is 0 Å². The minimum atomic E-state index is 0.547. The molecule has 0 saturated heterocycles. The summed E-state index contributed by atoms with van der Waals surface area (Å²) in [5.74, 6) is 1.67. The molecule has 1 N–H and O–H groups in total. The molecule has 0 spiro atoms. The van der Waals surface area contributed by atoms with Crippen molar-refractivity contribution in [2.45, 2.75) is 39.2 Å². The van der Waals surface area contributed by atoms with E-state index in [1.807, 2.05) is 6.92 Å². The van der Waals surface area contributed by atoms with E-state index in [0.29, 0.717) is 6.04 Å². The van der Waals surface area contributed by atoms with Crippen LogP contribution in [0.4, 0.5) is 5.82 Å². The van der Waals surface area contributed by atoms with Gasteiger partial charge in [-0.1, -0.05) is 37.6 Å². The molecule has 0 radical (unpaired) electrons. The van der Waals surface area contributed by atoms with Crippen LogP contribution < -0.4 is 5.32 Å². The van der Waals surface area contributed by atoms with Crippen molar-refractivity contribution in [1.82, 2.24) is 10.2 Å². The SMILES string of the molecule is Cc1nnc(NC2CCCC2C)c2ccccc12. The molecule has 0 bridgehead atoms. The first-order valence-corrected chi connectivity index (χ1v) is 6.74. The predicted octanol–water partition coefficient (Wildman–Crippen LogP) is 3.54. The number of hydrogen-bond acceptors (Lipinski definition) is 3. The Labute approximate surface area is 108 Å². The average Bonchev–Trinajstić information content (AvgIpc) is 2.79. The summed E-state index contributed by atoms with van der Waals surface area (Å²) >= 11 is 0. The Hall–Kier alpha value is -1.64. The van der Waals surface area contributed by atoms with Gasteiger partial charge in [0.05, 0.1) is 5.69 Å². The maximum atomic E-state index is 4.34. The van der Waals surface area contributed by atoms with Crippen molar-refractivity contribution in [1.29, 1.82) is 0 Å². The topological polar surface area (TPSA) is 37.8 Å². The Bertz CT molecular complexity index is 565. The van der Waals surface area contributed by atoms with Crippen molar-refractivity contribution in [3.63, 3.8) is 0 Å². The van der Waals surface area contributed by atoms with Crippen molar-refractivity contribution in [2.75, 3.05) is 5.32 Å². The molecule has 2 aromatic rings. The van der Waals surface area contributed by atoms with Gasteiger partial charge in [0.15, 0.2) is 5.82 Å². The van der Waals surface area contributed by atoms with Gasteiger partial charge >= 0.3 is 0 Å². The number of aryl methyl sites for hydroxylation is 1. The third-order valence-corrected chi connectivity index (χ3v) is 4.06. The number of rotatable bonds is 2. The normalized spacial score (nSPS) is 23.4. The van der Waals surface area contributed by atoms with E-state index in [0.717, 1.165) is 17.4 Å². The second-order valence-electron chi connectivity index (χ2n) is 5.34. The van der Waals surface area contributed by atoms with E-state index >= 15 is 0 Å². The van der Waals surface area contributed by atoms with Crippen molar-refractivity contribution in [2.24, 2.45) is 5.92 Å². The lowest BCUT2D eigenvalue weighted by Crippen LogP contribution is -2.22. The van der Waals surface area contributed by atoms with Crippen LogP contribution in [-0.2, 0) is 0 Å². The monoisotopic (exact) mass is 241 g/mol. The Kier molecular flexibility index (Phi) is 2.90. The van der Waals surface area contributed by atoms with E-state index in [9.17, 15) is 0 Å². The van der Waals surface area contributed by atoms with E-state index < -0.39 is 0 Å². The molecule has 1 heterocycles. The lowest BCUT2D eigenvalue weighted by molar-refractivity contribution is 0.554. The zero-order valence-corrected chi connectivity index (χ0v) is 11.0. The summed E-state index contributed by atoms with van der Waals surface area (Å²) in [6, 6.07) is 8.90. The van der Waals surface area contributed by atoms with Crippen LogP contribution in [0, 0.1) is 12.8 Å². The number of anilines is 1. The zero-order valence-electron chi connectivity index (χ0n) is 11.0. The first-order chi connectivity index (χ1) is 8.75. The van der Waals surface area contributed by atoms with Gasteiger partial charge < -0.3 is 5.32 Å². The molecule has 1 aliphatic carbocycles. The molecule has 94 valence electrons. The molecule has 1 saturated carbocycles. The highest BCUT2D eigenvalue weighted by molar-refractivity contribution is 5.92. The van der Waals surface area contributed by atoms with Crippen LogP contribution in [0.2, 0.25) is 0 Å². The quantitative estimate of drug-likeness (QED) is 0.874. The highest BCUT2D eigenvalue weighted by Crippen LogP contribution is 2.30. The molecule has 1 aromatic heterocycles. The van der Waals surface area contributed by atoms with Gasteiger partial charge in [0.2, 0.25) is 0 Å². The first kappa shape index (κ1) is 11.5. The Balaban J connectivity index is 1.99. The third kappa shape index (κ3) is 1.94. The highest BCUT2D eigenvalue weighted by Gasteiger charge is 2.24. The molecule has 0 aliphatic heterocycles. The van der Waals surface area contributed by atoms with Crippen molar-refractivity contribution in [3.8, 4) is 0 Å². The van der Waals surface area contributed by atoms with E-state index in [2.05, 4.69) is 46.7 Å². The smallest absolute Gasteiger partial charge is 0.156 e. The number of nitrogens with one attached hydrogen (secondary N) is 1. The van der Waals surface area contributed by atoms with Crippen LogP contribution >= 0.6 is 0 Å². The molecule has 1 fully saturated rings. The zero-order chi connectivity index (χ0) is 12.5. The lowest BCUT2D eigenvalue weighted by atomic mass is 10.1. The van der Waals surface area contributed by atoms with Crippen LogP contribution in [0.25, 0.3) is 10.8 Å². The first-order valence-electron chi connectivity index (χ1n) is 6.74. The van der Waals surface area contributed by atoms with E-state index in [1.54, 1.807) is 0 Å². The van der Waals surface area contributed by atoms with Crippen LogP contribution in [-0.4, -0.2) is 16.2 Å². The van der Waals surface area contributed by atoms with Crippen LogP contribution in [0.5, 0.6) is 0 Å². The Morgan fingerprint density at radius 1 is 1.11 bits per heavy atom. The number of hydrogen-bond donors (Lipinski definition) is 1. The maximum Gasteiger partial charge on any atom is 0.156 e. The second kappa shape index (κ2) is 4.56. The molecular weight excluding hydrogens is 222 g/mol. The number of nitrogens with zero attached hydrogens (tertiary/aromatic N) is 2. The van der Waals surface area contributed by atoms with Gasteiger partial charge in [-0.2, -0.15) is 5.10 Å². The second-order valence-corrected chi connectivity index (χ2v) is 5.34. The summed E-state index contributed by atoms with van der Waals surface area (Å²) in [6.07, 6.45) is 3.87. The summed E-state index contributed by atoms with van der Waals surface area (Å²) < 4.78 is 0. The molecule has 2 atom stereocenters. The fourth-order valence-corrected chi connectivity index (χ4v) is 2.88. The Morgan fingerprint density at radius 2 is 1.89 bits per heavy atom. The molecular formula is C15H19N3. The predicted molar refractivity (Wildman–Crippen MR) is 74.7 cm³/mol. The fraction of sp³-hybridized carbons (Fsp3) is 0.467. The van der Waals surface area contributed by atoms with E-state index in [-0.39, 0.29) is 0 Å². The summed E-state index contributed by atoms with van der Waals surface area (Å²) in [5.41, 5.74) is 0.996. The molecule has 1 aliphatic rings. The summed E-state index contributed by atoms with van der Waals surface area (Å²) in [6.45, 7) is 4.33. The lowest BCUT2D eigenvalue weighted by Gasteiger charge is -2.18. The van der Waals surface area contributed by atoms with Gasteiger partial charge in [-0.15, -0.1) is 5.10 Å². The molecule has 0 amide bonds. The number of aromatic nitrogens is 2. The standard InChI is InChI=1S/C15H19N3/c1-10-6-5-9-14(10)16-15-13-8-4-3-7-12(13)11(2)17-18-15/h3-4,7-8,10,14H,5-6,9H2,1-2H3,(H,16,18). The maximum absolute atomic E-state index is 4.34. The fourth-order valence-electron chi connectivity index (χ4n) is 2.88. The van der Waals surface area contributed by atoms with Gasteiger partial charge in [0.25, 0.3) is 0 Å². The van der Waals surface area contributed by atoms with Crippen molar-refractivity contribution < 1.29 is 0 Å². The van der Waals surface area contributed by atoms with E-state index in [4.69, 9.17) is 0 Å².